The van der Waals surface area contributed by atoms with Gasteiger partial charge in [0.15, 0.2) is 6.10 Å². The third-order valence-corrected chi connectivity index (χ3v) is 4.95. The second-order valence-corrected chi connectivity index (χ2v) is 7.47. The van der Waals surface area contributed by atoms with Crippen LogP contribution in [-0.2, 0) is 27.4 Å². The molecule has 0 bridgehead atoms. The molecule has 0 amide bonds. The van der Waals surface area contributed by atoms with Crippen molar-refractivity contribution in [2.24, 2.45) is 0 Å². The van der Waals surface area contributed by atoms with Crippen molar-refractivity contribution < 1.29 is 28.9 Å². The van der Waals surface area contributed by atoms with E-state index in [0.29, 0.717) is 17.9 Å². The van der Waals surface area contributed by atoms with Crippen molar-refractivity contribution in [3.05, 3.63) is 101 Å². The molecule has 3 aromatic rings. The number of hydrogen-bond donors (Lipinski definition) is 1. The van der Waals surface area contributed by atoms with Crippen LogP contribution in [0, 0.1) is 0 Å². The quantitative estimate of drug-likeness (QED) is 0.201. The summed E-state index contributed by atoms with van der Waals surface area (Å²) in [5.41, 5.74) is 3.16. The molecule has 0 saturated carbocycles. The molecule has 0 spiro atoms. The monoisotopic (exact) mass is 494 g/mol. The van der Waals surface area contributed by atoms with Crippen molar-refractivity contribution in [2.45, 2.75) is 26.1 Å². The number of benzene rings is 3. The van der Waals surface area contributed by atoms with Crippen LogP contribution in [0.1, 0.15) is 23.6 Å². The zero-order chi connectivity index (χ0) is 23.6. The van der Waals surface area contributed by atoms with E-state index in [1.165, 1.54) is 7.11 Å². The van der Waals surface area contributed by atoms with Crippen molar-refractivity contribution in [3.63, 3.8) is 0 Å². The maximum absolute atomic E-state index is 12.4. The van der Waals surface area contributed by atoms with Gasteiger partial charge in [-0.05, 0) is 54.0 Å². The Hall–Kier alpha value is -1.90. The van der Waals surface area contributed by atoms with Gasteiger partial charge >= 0.3 is 71.1 Å². The second-order valence-electron chi connectivity index (χ2n) is 7.47. The van der Waals surface area contributed by atoms with E-state index in [1.807, 2.05) is 54.6 Å². The van der Waals surface area contributed by atoms with E-state index >= 15 is 0 Å². The van der Waals surface area contributed by atoms with Crippen LogP contribution in [0.25, 0.3) is 6.08 Å². The van der Waals surface area contributed by atoms with Crippen molar-refractivity contribution in [3.8, 4) is 11.5 Å². The first-order chi connectivity index (χ1) is 15.9. The van der Waals surface area contributed by atoms with Gasteiger partial charge in [0.25, 0.3) is 0 Å². The molecular formula is C27H28Na2O6. The minimum absolute atomic E-state index is 0. The zero-order valence-corrected chi connectivity index (χ0v) is 18.6. The normalized spacial score (nSPS) is 11.4. The third-order valence-electron chi connectivity index (χ3n) is 4.95. The first-order valence-corrected chi connectivity index (χ1v) is 10.5. The first-order valence-electron chi connectivity index (χ1n) is 10.5. The Bertz CT molecular complexity index is 1100. The Kier molecular flexibility index (Phi) is 14.2. The predicted molar refractivity (Wildman–Crippen MR) is 139 cm³/mol. The fraction of sp³-hybridized carbons (Fsp3) is 0.185. The molecule has 0 aliphatic heterocycles. The molecule has 0 heterocycles. The molecule has 35 heavy (non-hydrogen) atoms. The Balaban J connectivity index is 0.00000306. The molecule has 0 fully saturated rings. The number of hydrogen-bond acceptors (Lipinski definition) is 5. The summed E-state index contributed by atoms with van der Waals surface area (Å²) < 4.78 is 16.1. The maximum atomic E-state index is 12.4. The zero-order valence-electron chi connectivity index (χ0n) is 18.6. The molecule has 6 nitrogen and oxygen atoms in total. The van der Waals surface area contributed by atoms with E-state index in [9.17, 15) is 9.59 Å². The van der Waals surface area contributed by atoms with Crippen LogP contribution in [0.15, 0.2) is 84.4 Å². The van der Waals surface area contributed by atoms with Crippen molar-refractivity contribution >= 4 is 77.1 Å². The number of carboxylic acid groups (broad SMARTS) is 1. The summed E-state index contributed by atoms with van der Waals surface area (Å²) >= 11 is 0. The molecule has 0 aliphatic rings. The third kappa shape index (κ3) is 10.3. The average molecular weight is 494 g/mol. The van der Waals surface area contributed by atoms with Crippen LogP contribution >= 0.6 is 0 Å². The van der Waals surface area contributed by atoms with E-state index in [-0.39, 0.29) is 65.5 Å². The summed E-state index contributed by atoms with van der Waals surface area (Å²) in [4.78, 5) is 23.5. The van der Waals surface area contributed by atoms with Gasteiger partial charge in [0, 0.05) is 19.1 Å². The molecule has 0 aromatic heterocycles. The summed E-state index contributed by atoms with van der Waals surface area (Å²) in [5, 5.41) is 9.07. The number of rotatable bonds is 10. The standard InChI is InChI=1S/C27H26O6.2Na.2H/c1-19(16-20-8-12-23(13-9-20)32-18-22-6-4-3-5-7-22)27(30)33-24-14-10-21(11-15-24)17-25(31-2)26(28)29;;;;/h3-16,25H,17-18H2,1-2H3,(H,28,29);;;;. The van der Waals surface area contributed by atoms with Gasteiger partial charge in [-0.1, -0.05) is 54.6 Å². The number of carbonyl (C=O) groups is 2. The Morgan fingerprint density at radius 3 is 2.03 bits per heavy atom. The predicted octanol–water partition coefficient (Wildman–Crippen LogP) is 3.62. The van der Waals surface area contributed by atoms with E-state index < -0.39 is 18.0 Å². The van der Waals surface area contributed by atoms with Gasteiger partial charge in [0.1, 0.15) is 18.1 Å². The van der Waals surface area contributed by atoms with Crippen LogP contribution in [0.4, 0.5) is 0 Å². The summed E-state index contributed by atoms with van der Waals surface area (Å²) in [5.74, 6) is -0.364. The van der Waals surface area contributed by atoms with E-state index in [2.05, 4.69) is 0 Å². The van der Waals surface area contributed by atoms with Crippen molar-refractivity contribution in [1.82, 2.24) is 0 Å². The molecule has 8 heteroatoms. The number of carbonyl (C=O) groups excluding carboxylic acids is 1. The Labute approximate surface area is 249 Å². The van der Waals surface area contributed by atoms with Gasteiger partial charge in [0.05, 0.1) is 0 Å². The van der Waals surface area contributed by atoms with Crippen LogP contribution in [0.2, 0.25) is 0 Å². The summed E-state index contributed by atoms with van der Waals surface area (Å²) in [6.45, 7) is 2.18. The fourth-order valence-electron chi connectivity index (χ4n) is 3.08. The Morgan fingerprint density at radius 1 is 0.857 bits per heavy atom. The second kappa shape index (κ2) is 16.0. The molecule has 3 rings (SSSR count). The van der Waals surface area contributed by atoms with Gasteiger partial charge in [-0.15, -0.1) is 0 Å². The number of carboxylic acids is 1. The summed E-state index contributed by atoms with van der Waals surface area (Å²) in [6.07, 6.45) is 1.05. The van der Waals surface area contributed by atoms with Crippen LogP contribution in [0.3, 0.4) is 0 Å². The molecule has 1 unspecified atom stereocenters. The van der Waals surface area contributed by atoms with E-state index in [4.69, 9.17) is 19.3 Å². The number of aliphatic carboxylic acids is 1. The first kappa shape index (κ1) is 31.1. The molecule has 0 saturated heterocycles. The molecule has 3 aromatic carbocycles. The summed E-state index contributed by atoms with van der Waals surface area (Å²) in [7, 11) is 1.36. The van der Waals surface area contributed by atoms with Gasteiger partial charge in [-0.2, -0.15) is 0 Å². The van der Waals surface area contributed by atoms with Crippen LogP contribution < -0.4 is 9.47 Å². The van der Waals surface area contributed by atoms with Gasteiger partial charge in [0.2, 0.25) is 0 Å². The van der Waals surface area contributed by atoms with Crippen molar-refractivity contribution in [2.75, 3.05) is 7.11 Å². The summed E-state index contributed by atoms with van der Waals surface area (Å²) in [6, 6.07) is 24.1. The number of ether oxygens (including phenoxy) is 3. The molecule has 1 atom stereocenters. The van der Waals surface area contributed by atoms with Crippen molar-refractivity contribution in [1.29, 1.82) is 0 Å². The van der Waals surface area contributed by atoms with Gasteiger partial charge < -0.3 is 19.3 Å². The fourth-order valence-corrected chi connectivity index (χ4v) is 3.08. The Morgan fingerprint density at radius 2 is 1.46 bits per heavy atom. The van der Waals surface area contributed by atoms with Gasteiger partial charge in [-0.25, -0.2) is 9.59 Å². The van der Waals surface area contributed by atoms with E-state index in [0.717, 1.165) is 22.4 Å². The molecule has 1 N–H and O–H groups in total. The van der Waals surface area contributed by atoms with E-state index in [1.54, 1.807) is 37.3 Å². The molecule has 0 aliphatic carbocycles. The SMILES string of the molecule is COC(Cc1ccc(OC(=O)C(C)=Cc2ccc(OCc3ccccc3)cc2)cc1)C(=O)O.[NaH].[NaH]. The van der Waals surface area contributed by atoms with Gasteiger partial charge in [-0.3, -0.25) is 0 Å². The molecular weight excluding hydrogens is 466 g/mol. The number of esters is 1. The molecule has 174 valence electrons. The minimum atomic E-state index is -1.02. The average Bonchev–Trinajstić information content (AvgIpc) is 2.83. The van der Waals surface area contributed by atoms with Crippen LogP contribution in [0.5, 0.6) is 11.5 Å². The number of methoxy groups -OCH3 is 1. The topological polar surface area (TPSA) is 82.1 Å². The van der Waals surface area contributed by atoms with Crippen LogP contribution in [-0.4, -0.2) is 89.4 Å². The molecule has 0 radical (unpaired) electrons.